The Hall–Kier alpha value is 0.290. The Bertz CT molecular complexity index is 387. The number of rotatable bonds is 7. The fourth-order valence-corrected chi connectivity index (χ4v) is 2.07. The average molecular weight is 479 g/mol. The molecule has 0 aliphatic carbocycles. The van der Waals surface area contributed by atoms with Crippen molar-refractivity contribution in [3.05, 3.63) is 0 Å². The number of halogens is 10. The summed E-state index contributed by atoms with van der Waals surface area (Å²) in [5.74, 6) is -12.1. The molecule has 0 aromatic heterocycles. The van der Waals surface area contributed by atoms with Gasteiger partial charge in [-0.15, -0.1) is 0 Å². The Balaban J connectivity index is 5.16. The van der Waals surface area contributed by atoms with Crippen LogP contribution in [0.3, 0.4) is 0 Å². The lowest BCUT2D eigenvalue weighted by Crippen LogP contribution is -2.60. The fourth-order valence-electron chi connectivity index (χ4n) is 1.08. The molecule has 0 aromatic rings. The molecule has 0 saturated carbocycles. The summed E-state index contributed by atoms with van der Waals surface area (Å²) in [6.07, 6.45) is -1.76. The molecule has 0 N–H and O–H groups in total. The Morgan fingerprint density at radius 2 is 1.57 bits per heavy atom. The lowest BCUT2D eigenvalue weighted by molar-refractivity contribution is -0.280. The van der Waals surface area contributed by atoms with E-state index in [4.69, 9.17) is 0 Å². The molecule has 21 heavy (non-hydrogen) atoms. The van der Waals surface area contributed by atoms with Crippen LogP contribution in [0, 0.1) is 0 Å². The summed E-state index contributed by atoms with van der Waals surface area (Å²) in [6.45, 7) is 0.246. The van der Waals surface area contributed by atoms with E-state index in [2.05, 4.69) is 27.9 Å². The maximum absolute atomic E-state index is 13.4. The molecule has 2 nitrogen and oxygen atoms in total. The molecule has 0 fully saturated rings. The molecule has 0 aliphatic heterocycles. The molecule has 0 spiro atoms. The maximum Gasteiger partial charge on any atom is 0.375 e. The molecule has 2 atom stereocenters. The third-order valence-electron chi connectivity index (χ3n) is 2.16. The van der Waals surface area contributed by atoms with Gasteiger partial charge in [-0.3, -0.25) is 4.79 Å². The van der Waals surface area contributed by atoms with Gasteiger partial charge in [0.05, 0.1) is 3.92 Å². The van der Waals surface area contributed by atoms with Crippen LogP contribution in [0.1, 0.15) is 13.3 Å². The van der Waals surface area contributed by atoms with Crippen LogP contribution in [0.4, 0.5) is 30.7 Å². The first kappa shape index (κ1) is 21.3. The first-order valence-corrected chi connectivity index (χ1v) is 7.04. The van der Waals surface area contributed by atoms with E-state index in [0.29, 0.717) is 0 Å². The van der Waals surface area contributed by atoms with Crippen molar-refractivity contribution in [3.8, 4) is 0 Å². The number of hydrogen-bond donors (Lipinski definition) is 0. The summed E-state index contributed by atoms with van der Waals surface area (Å²) >= 11 is 9.48. The van der Waals surface area contributed by atoms with Crippen LogP contribution in [0.15, 0.2) is 0 Å². The normalized spacial score (nSPS) is 18.0. The SMILES string of the molecule is CC(=O)OCC(I)CC(F)(F)C(F)(F)C(F)(Cl)C(F)(F)Cl. The molecular weight excluding hydrogens is 471 g/mol. The van der Waals surface area contributed by atoms with Crippen LogP contribution < -0.4 is 0 Å². The molecule has 0 aromatic carbocycles. The van der Waals surface area contributed by atoms with Crippen LogP contribution >= 0.6 is 45.8 Å². The highest BCUT2D eigenvalue weighted by atomic mass is 127. The van der Waals surface area contributed by atoms with Crippen LogP contribution in [0.25, 0.3) is 0 Å². The van der Waals surface area contributed by atoms with Crippen LogP contribution in [-0.4, -0.2) is 38.9 Å². The Kier molecular flexibility index (Phi) is 6.91. The van der Waals surface area contributed by atoms with Gasteiger partial charge in [-0.2, -0.15) is 26.3 Å². The molecule has 126 valence electrons. The van der Waals surface area contributed by atoms with Crippen molar-refractivity contribution < 1.29 is 40.3 Å². The largest absolute Gasteiger partial charge is 0.465 e. The first-order valence-electron chi connectivity index (χ1n) is 5.04. The minimum Gasteiger partial charge on any atom is -0.465 e. The van der Waals surface area contributed by atoms with E-state index in [9.17, 15) is 35.5 Å². The van der Waals surface area contributed by atoms with Gasteiger partial charge in [-0.05, 0) is 11.6 Å². The predicted molar refractivity (Wildman–Crippen MR) is 69.4 cm³/mol. The fraction of sp³-hybridized carbons (Fsp3) is 0.889. The number of carbonyl (C=O) groups is 1. The monoisotopic (exact) mass is 478 g/mol. The van der Waals surface area contributed by atoms with E-state index in [-0.39, 0.29) is 0 Å². The van der Waals surface area contributed by atoms with Gasteiger partial charge in [-0.25, -0.2) is 4.39 Å². The van der Waals surface area contributed by atoms with Crippen molar-refractivity contribution in [1.29, 1.82) is 0 Å². The Morgan fingerprint density at radius 3 is 1.90 bits per heavy atom. The van der Waals surface area contributed by atoms with Gasteiger partial charge in [0.15, 0.2) is 0 Å². The third-order valence-corrected chi connectivity index (χ3v) is 3.79. The molecule has 0 aliphatic rings. The van der Waals surface area contributed by atoms with Crippen molar-refractivity contribution in [1.82, 2.24) is 0 Å². The minimum atomic E-state index is -5.97. The molecule has 0 amide bonds. The van der Waals surface area contributed by atoms with E-state index in [1.807, 2.05) is 0 Å². The molecular formula is C9H8Cl2F7IO2. The average Bonchev–Trinajstić information content (AvgIpc) is 2.23. The number of ether oxygens (including phenoxy) is 1. The van der Waals surface area contributed by atoms with Gasteiger partial charge in [0.25, 0.3) is 0 Å². The number of hydrogen-bond acceptors (Lipinski definition) is 2. The molecule has 0 radical (unpaired) electrons. The zero-order chi connectivity index (χ0) is 17.3. The molecule has 0 heterocycles. The van der Waals surface area contributed by atoms with E-state index in [0.717, 1.165) is 6.92 Å². The lowest BCUT2D eigenvalue weighted by Gasteiger charge is -2.36. The van der Waals surface area contributed by atoms with Gasteiger partial charge in [0, 0.05) is 13.3 Å². The van der Waals surface area contributed by atoms with Crippen molar-refractivity contribution in [2.45, 2.75) is 39.6 Å². The standard InChI is InChI=1S/C9H8Cl2F7IO2/c1-4(20)21-3-5(19)2-6(12,13)8(15,16)7(10,14)9(11,17)18/h5H,2-3H2,1H3. The van der Waals surface area contributed by atoms with Crippen molar-refractivity contribution in [2.75, 3.05) is 6.61 Å². The van der Waals surface area contributed by atoms with E-state index < -0.39 is 45.3 Å². The van der Waals surface area contributed by atoms with E-state index in [1.54, 1.807) is 0 Å². The highest BCUT2D eigenvalue weighted by molar-refractivity contribution is 14.1. The summed E-state index contributed by atoms with van der Waals surface area (Å²) < 4.78 is 94.5. The summed E-state index contributed by atoms with van der Waals surface area (Å²) in [4.78, 5) is 10.4. The predicted octanol–water partition coefficient (Wildman–Crippen LogP) is 4.75. The molecule has 0 bridgehead atoms. The zero-order valence-corrected chi connectivity index (χ0v) is 13.8. The van der Waals surface area contributed by atoms with Gasteiger partial charge < -0.3 is 4.74 Å². The van der Waals surface area contributed by atoms with Crippen molar-refractivity contribution >= 4 is 51.8 Å². The number of carbonyl (C=O) groups excluding carboxylic acids is 1. The summed E-state index contributed by atoms with van der Waals surface area (Å²) in [5, 5.41) is -10.9. The summed E-state index contributed by atoms with van der Waals surface area (Å²) in [7, 11) is 0. The second-order valence-corrected chi connectivity index (χ2v) is 6.71. The zero-order valence-electron chi connectivity index (χ0n) is 10.1. The molecule has 2 unspecified atom stereocenters. The van der Waals surface area contributed by atoms with Gasteiger partial charge in [0.2, 0.25) is 0 Å². The van der Waals surface area contributed by atoms with Crippen molar-refractivity contribution in [3.63, 3.8) is 0 Å². The van der Waals surface area contributed by atoms with Gasteiger partial charge in [-0.1, -0.05) is 34.2 Å². The maximum atomic E-state index is 13.4. The quantitative estimate of drug-likeness (QED) is 0.228. The number of esters is 1. The van der Waals surface area contributed by atoms with E-state index in [1.165, 1.54) is 22.6 Å². The van der Waals surface area contributed by atoms with Crippen LogP contribution in [-0.2, 0) is 9.53 Å². The Labute approximate surface area is 138 Å². The Morgan fingerprint density at radius 1 is 1.14 bits per heavy atom. The first-order chi connectivity index (χ1) is 9.06. The topological polar surface area (TPSA) is 26.3 Å². The summed E-state index contributed by atoms with van der Waals surface area (Å²) in [5.41, 5.74) is 0. The molecule has 0 saturated heterocycles. The van der Waals surface area contributed by atoms with Crippen LogP contribution in [0.2, 0.25) is 0 Å². The molecule has 0 rings (SSSR count). The van der Waals surface area contributed by atoms with Gasteiger partial charge >= 0.3 is 28.3 Å². The number of alkyl halides is 10. The van der Waals surface area contributed by atoms with Crippen molar-refractivity contribution in [2.24, 2.45) is 0 Å². The minimum absolute atomic E-state index is 0.694. The third kappa shape index (κ3) is 4.88. The lowest BCUT2D eigenvalue weighted by atomic mass is 10.0. The smallest absolute Gasteiger partial charge is 0.375 e. The van der Waals surface area contributed by atoms with E-state index >= 15 is 0 Å². The second-order valence-electron chi connectivity index (χ2n) is 3.95. The summed E-state index contributed by atoms with van der Waals surface area (Å²) in [6, 6.07) is 0. The second kappa shape index (κ2) is 6.81. The molecule has 12 heteroatoms. The highest BCUT2D eigenvalue weighted by Crippen LogP contribution is 2.56. The van der Waals surface area contributed by atoms with Crippen LogP contribution in [0.5, 0.6) is 0 Å². The van der Waals surface area contributed by atoms with Gasteiger partial charge in [0.1, 0.15) is 6.61 Å². The highest BCUT2D eigenvalue weighted by Gasteiger charge is 2.78.